The second-order valence-corrected chi connectivity index (χ2v) is 5.18. The highest BCUT2D eigenvalue weighted by molar-refractivity contribution is 5.73. The van der Waals surface area contributed by atoms with E-state index in [-0.39, 0.29) is 5.91 Å². The highest BCUT2D eigenvalue weighted by Crippen LogP contribution is 2.27. The van der Waals surface area contributed by atoms with Gasteiger partial charge in [-0.15, -0.1) is 0 Å². The van der Waals surface area contributed by atoms with E-state index in [0.717, 1.165) is 19.4 Å². The van der Waals surface area contributed by atoms with Gasteiger partial charge in [-0.3, -0.25) is 9.69 Å². The van der Waals surface area contributed by atoms with Gasteiger partial charge in [-0.25, -0.2) is 0 Å². The Morgan fingerprint density at radius 1 is 1.33 bits per heavy atom. The molecule has 1 aliphatic rings. The van der Waals surface area contributed by atoms with Crippen LogP contribution in [0.1, 0.15) is 52.4 Å². The standard InChI is InChI=1S/C12H24N2O/c1-12(2)8-4-6-10-14(12)9-5-3-7-11(13)15/h3-10H2,1-2H3,(H2,13,15). The molecule has 0 aromatic carbocycles. The van der Waals surface area contributed by atoms with E-state index in [1.54, 1.807) is 0 Å². The van der Waals surface area contributed by atoms with E-state index in [2.05, 4.69) is 18.7 Å². The third-order valence-electron chi connectivity index (χ3n) is 3.42. The van der Waals surface area contributed by atoms with Gasteiger partial charge in [0.05, 0.1) is 0 Å². The van der Waals surface area contributed by atoms with Crippen LogP contribution in [-0.2, 0) is 4.79 Å². The molecule has 1 heterocycles. The van der Waals surface area contributed by atoms with Crippen LogP contribution in [0.2, 0.25) is 0 Å². The van der Waals surface area contributed by atoms with Crippen molar-refractivity contribution in [2.45, 2.75) is 57.9 Å². The minimum Gasteiger partial charge on any atom is -0.370 e. The predicted octanol–water partition coefficient (Wildman–Crippen LogP) is 1.91. The topological polar surface area (TPSA) is 46.3 Å². The minimum atomic E-state index is -0.173. The van der Waals surface area contributed by atoms with E-state index in [1.165, 1.54) is 25.8 Å². The summed E-state index contributed by atoms with van der Waals surface area (Å²) in [5.41, 5.74) is 5.46. The summed E-state index contributed by atoms with van der Waals surface area (Å²) in [6.07, 6.45) is 6.52. The Balaban J connectivity index is 2.21. The van der Waals surface area contributed by atoms with Crippen molar-refractivity contribution in [3.05, 3.63) is 0 Å². The Morgan fingerprint density at radius 3 is 2.67 bits per heavy atom. The zero-order chi connectivity index (χ0) is 11.3. The molecule has 3 nitrogen and oxygen atoms in total. The van der Waals surface area contributed by atoms with Crippen LogP contribution < -0.4 is 5.73 Å². The van der Waals surface area contributed by atoms with Gasteiger partial charge < -0.3 is 5.73 Å². The highest BCUT2D eigenvalue weighted by Gasteiger charge is 2.28. The van der Waals surface area contributed by atoms with Gasteiger partial charge in [0, 0.05) is 12.0 Å². The Bertz CT molecular complexity index is 214. The highest BCUT2D eigenvalue weighted by atomic mass is 16.1. The first-order valence-electron chi connectivity index (χ1n) is 6.06. The smallest absolute Gasteiger partial charge is 0.217 e. The van der Waals surface area contributed by atoms with Crippen LogP contribution in [0.5, 0.6) is 0 Å². The fourth-order valence-electron chi connectivity index (χ4n) is 2.34. The quantitative estimate of drug-likeness (QED) is 0.708. The second-order valence-electron chi connectivity index (χ2n) is 5.18. The maximum atomic E-state index is 10.6. The molecule has 0 aliphatic carbocycles. The van der Waals surface area contributed by atoms with Gasteiger partial charge >= 0.3 is 0 Å². The number of hydrogen-bond acceptors (Lipinski definition) is 2. The predicted molar refractivity (Wildman–Crippen MR) is 62.5 cm³/mol. The summed E-state index contributed by atoms with van der Waals surface area (Å²) in [5.74, 6) is -0.173. The molecule has 0 bridgehead atoms. The number of likely N-dealkylation sites (tertiary alicyclic amines) is 1. The normalized spacial score (nSPS) is 21.5. The molecule has 1 fully saturated rings. The van der Waals surface area contributed by atoms with E-state index < -0.39 is 0 Å². The van der Waals surface area contributed by atoms with Crippen molar-refractivity contribution in [3.63, 3.8) is 0 Å². The van der Waals surface area contributed by atoms with E-state index in [4.69, 9.17) is 5.73 Å². The molecule has 1 rings (SSSR count). The molecule has 0 spiro atoms. The first-order chi connectivity index (χ1) is 7.02. The summed E-state index contributed by atoms with van der Waals surface area (Å²) in [4.78, 5) is 13.1. The van der Waals surface area contributed by atoms with E-state index in [1.807, 2.05) is 0 Å². The van der Waals surface area contributed by atoms with Crippen LogP contribution in [0.25, 0.3) is 0 Å². The summed E-state index contributed by atoms with van der Waals surface area (Å²) >= 11 is 0. The van der Waals surface area contributed by atoms with Crippen molar-refractivity contribution in [2.75, 3.05) is 13.1 Å². The summed E-state index contributed by atoms with van der Waals surface area (Å²) < 4.78 is 0. The molecule has 0 aromatic heterocycles. The van der Waals surface area contributed by atoms with Gasteiger partial charge in [-0.05, 0) is 52.6 Å². The first-order valence-corrected chi connectivity index (χ1v) is 6.06. The monoisotopic (exact) mass is 212 g/mol. The Morgan fingerprint density at radius 2 is 2.07 bits per heavy atom. The molecule has 1 amide bonds. The number of amides is 1. The molecule has 0 saturated carbocycles. The molecule has 2 N–H and O–H groups in total. The van der Waals surface area contributed by atoms with Gasteiger partial charge in [0.25, 0.3) is 0 Å². The van der Waals surface area contributed by atoms with E-state index >= 15 is 0 Å². The molecule has 0 atom stereocenters. The SMILES string of the molecule is CC1(C)CCCCN1CCCCC(N)=O. The first kappa shape index (κ1) is 12.5. The fourth-order valence-corrected chi connectivity index (χ4v) is 2.34. The summed E-state index contributed by atoms with van der Waals surface area (Å²) in [6.45, 7) is 6.96. The third-order valence-corrected chi connectivity index (χ3v) is 3.42. The largest absolute Gasteiger partial charge is 0.370 e. The fraction of sp³-hybridized carbons (Fsp3) is 0.917. The number of piperidine rings is 1. The number of hydrogen-bond donors (Lipinski definition) is 1. The molecule has 1 aliphatic heterocycles. The number of nitrogens with two attached hydrogens (primary N) is 1. The van der Waals surface area contributed by atoms with Gasteiger partial charge in [-0.2, -0.15) is 0 Å². The van der Waals surface area contributed by atoms with Crippen molar-refractivity contribution >= 4 is 5.91 Å². The van der Waals surface area contributed by atoms with Crippen molar-refractivity contribution in [1.29, 1.82) is 0 Å². The van der Waals surface area contributed by atoms with Crippen LogP contribution in [-0.4, -0.2) is 29.4 Å². The number of carbonyl (C=O) groups excluding carboxylic acids is 1. The lowest BCUT2D eigenvalue weighted by atomic mass is 9.90. The number of rotatable bonds is 5. The number of primary amides is 1. The molecule has 88 valence electrons. The van der Waals surface area contributed by atoms with Crippen molar-refractivity contribution in [2.24, 2.45) is 5.73 Å². The molecule has 3 heteroatoms. The summed E-state index contributed by atoms with van der Waals surface area (Å²) in [6, 6.07) is 0. The summed E-state index contributed by atoms with van der Waals surface area (Å²) in [5, 5.41) is 0. The maximum absolute atomic E-state index is 10.6. The number of unbranched alkanes of at least 4 members (excludes halogenated alkanes) is 1. The van der Waals surface area contributed by atoms with Gasteiger partial charge in [0.15, 0.2) is 0 Å². The van der Waals surface area contributed by atoms with Crippen molar-refractivity contribution < 1.29 is 4.79 Å². The number of carbonyl (C=O) groups is 1. The second kappa shape index (κ2) is 5.50. The number of nitrogens with zero attached hydrogens (tertiary/aromatic N) is 1. The minimum absolute atomic E-state index is 0.173. The Labute approximate surface area is 93.0 Å². The summed E-state index contributed by atoms with van der Waals surface area (Å²) in [7, 11) is 0. The van der Waals surface area contributed by atoms with Crippen LogP contribution in [0.4, 0.5) is 0 Å². The zero-order valence-electron chi connectivity index (χ0n) is 10.1. The Hall–Kier alpha value is -0.570. The van der Waals surface area contributed by atoms with Crippen LogP contribution in [0.15, 0.2) is 0 Å². The van der Waals surface area contributed by atoms with Crippen LogP contribution in [0, 0.1) is 0 Å². The molecule has 0 aromatic rings. The van der Waals surface area contributed by atoms with E-state index in [0.29, 0.717) is 12.0 Å². The zero-order valence-corrected chi connectivity index (χ0v) is 10.1. The lowest BCUT2D eigenvalue weighted by Gasteiger charge is -2.42. The van der Waals surface area contributed by atoms with Crippen molar-refractivity contribution in [3.8, 4) is 0 Å². The van der Waals surface area contributed by atoms with E-state index in [9.17, 15) is 4.79 Å². The maximum Gasteiger partial charge on any atom is 0.217 e. The molecule has 0 unspecified atom stereocenters. The molecule has 0 radical (unpaired) electrons. The lowest BCUT2D eigenvalue weighted by Crippen LogP contribution is -2.47. The van der Waals surface area contributed by atoms with Gasteiger partial charge in [0.1, 0.15) is 0 Å². The average molecular weight is 212 g/mol. The molecular weight excluding hydrogens is 188 g/mol. The van der Waals surface area contributed by atoms with Crippen LogP contribution in [0.3, 0.4) is 0 Å². The average Bonchev–Trinajstić information content (AvgIpc) is 2.13. The molecule has 1 saturated heterocycles. The molecular formula is C12H24N2O. The third kappa shape index (κ3) is 4.20. The van der Waals surface area contributed by atoms with Crippen molar-refractivity contribution in [1.82, 2.24) is 4.90 Å². The Kier molecular flexibility index (Phi) is 4.58. The van der Waals surface area contributed by atoms with Gasteiger partial charge in [-0.1, -0.05) is 6.42 Å². The van der Waals surface area contributed by atoms with Crippen LogP contribution >= 0.6 is 0 Å². The van der Waals surface area contributed by atoms with Gasteiger partial charge in [0.2, 0.25) is 5.91 Å². The lowest BCUT2D eigenvalue weighted by molar-refractivity contribution is -0.118. The molecule has 15 heavy (non-hydrogen) atoms.